The van der Waals surface area contributed by atoms with Crippen molar-refractivity contribution in [3.63, 3.8) is 0 Å². The molecule has 1 saturated heterocycles. The standard InChI is InChI=1S/C12H12N4OS/c1-18-12-14-6-8-4-10(5-13)16(11(8)15-12)9-2-3-17-7-9/h4,6,9H,2-3,7H2,1H3. The Morgan fingerprint density at radius 3 is 3.17 bits per heavy atom. The molecule has 2 aromatic rings. The van der Waals surface area contributed by atoms with Crippen LogP contribution in [0.1, 0.15) is 18.2 Å². The summed E-state index contributed by atoms with van der Waals surface area (Å²) in [5.74, 6) is 0. The first kappa shape index (κ1) is 11.5. The number of rotatable bonds is 2. The molecule has 92 valence electrons. The second kappa shape index (κ2) is 4.59. The Hall–Kier alpha value is -1.58. The summed E-state index contributed by atoms with van der Waals surface area (Å²) >= 11 is 1.50. The smallest absolute Gasteiger partial charge is 0.189 e. The van der Waals surface area contributed by atoms with Gasteiger partial charge in [0.25, 0.3) is 0 Å². The van der Waals surface area contributed by atoms with Crippen molar-refractivity contribution in [3.8, 4) is 6.07 Å². The summed E-state index contributed by atoms with van der Waals surface area (Å²) in [6, 6.07) is 4.29. The van der Waals surface area contributed by atoms with Crippen LogP contribution in [0.15, 0.2) is 17.4 Å². The summed E-state index contributed by atoms with van der Waals surface area (Å²) in [7, 11) is 0. The van der Waals surface area contributed by atoms with Gasteiger partial charge in [-0.2, -0.15) is 5.26 Å². The maximum absolute atomic E-state index is 9.24. The van der Waals surface area contributed by atoms with Crippen LogP contribution >= 0.6 is 11.8 Å². The van der Waals surface area contributed by atoms with Gasteiger partial charge in [0.15, 0.2) is 5.16 Å². The molecule has 0 aromatic carbocycles. The van der Waals surface area contributed by atoms with Crippen molar-refractivity contribution in [2.45, 2.75) is 17.6 Å². The van der Waals surface area contributed by atoms with Crippen molar-refractivity contribution in [3.05, 3.63) is 18.0 Å². The zero-order valence-corrected chi connectivity index (χ0v) is 10.8. The normalized spacial score (nSPS) is 19.2. The first-order valence-corrected chi connectivity index (χ1v) is 6.96. The molecule has 0 saturated carbocycles. The van der Waals surface area contributed by atoms with Crippen LogP contribution in [-0.4, -0.2) is 34.0 Å². The molecule has 2 aromatic heterocycles. The molecule has 0 radical (unpaired) electrons. The van der Waals surface area contributed by atoms with Gasteiger partial charge in [-0.25, -0.2) is 9.97 Å². The lowest BCUT2D eigenvalue weighted by molar-refractivity contribution is 0.187. The molecule has 0 N–H and O–H groups in total. The van der Waals surface area contributed by atoms with Crippen molar-refractivity contribution in [1.29, 1.82) is 5.26 Å². The number of thioether (sulfide) groups is 1. The van der Waals surface area contributed by atoms with E-state index >= 15 is 0 Å². The second-order valence-corrected chi connectivity index (χ2v) is 4.94. The Labute approximate surface area is 109 Å². The molecular weight excluding hydrogens is 248 g/mol. The van der Waals surface area contributed by atoms with Crippen LogP contribution in [0.3, 0.4) is 0 Å². The van der Waals surface area contributed by atoms with E-state index in [-0.39, 0.29) is 6.04 Å². The molecule has 1 aliphatic heterocycles. The van der Waals surface area contributed by atoms with E-state index in [0.29, 0.717) is 12.3 Å². The lowest BCUT2D eigenvalue weighted by Crippen LogP contribution is -2.11. The molecule has 0 spiro atoms. The van der Waals surface area contributed by atoms with Crippen molar-refractivity contribution in [2.24, 2.45) is 0 Å². The molecule has 0 aliphatic carbocycles. The number of nitrogens with zero attached hydrogens (tertiary/aromatic N) is 4. The molecule has 3 heterocycles. The zero-order chi connectivity index (χ0) is 12.5. The average Bonchev–Trinajstić information content (AvgIpc) is 3.03. The van der Waals surface area contributed by atoms with Gasteiger partial charge in [0, 0.05) is 18.2 Å². The van der Waals surface area contributed by atoms with E-state index in [1.165, 1.54) is 11.8 Å². The zero-order valence-electron chi connectivity index (χ0n) is 9.96. The summed E-state index contributed by atoms with van der Waals surface area (Å²) in [5.41, 5.74) is 1.47. The van der Waals surface area contributed by atoms with Gasteiger partial charge in [0.05, 0.1) is 12.6 Å². The minimum Gasteiger partial charge on any atom is -0.379 e. The number of nitriles is 1. The van der Waals surface area contributed by atoms with E-state index in [1.54, 1.807) is 6.20 Å². The largest absolute Gasteiger partial charge is 0.379 e. The molecule has 0 bridgehead atoms. The number of ether oxygens (including phenoxy) is 1. The first-order valence-electron chi connectivity index (χ1n) is 5.73. The fourth-order valence-electron chi connectivity index (χ4n) is 2.27. The Balaban J connectivity index is 2.21. The molecule has 18 heavy (non-hydrogen) atoms. The summed E-state index contributed by atoms with van der Waals surface area (Å²) < 4.78 is 7.40. The number of aromatic nitrogens is 3. The van der Waals surface area contributed by atoms with E-state index in [4.69, 9.17) is 4.74 Å². The summed E-state index contributed by atoms with van der Waals surface area (Å²) in [5, 5.41) is 10.9. The van der Waals surface area contributed by atoms with Crippen LogP contribution in [0, 0.1) is 11.3 Å². The molecule has 5 nitrogen and oxygen atoms in total. The maximum atomic E-state index is 9.24. The van der Waals surface area contributed by atoms with Gasteiger partial charge >= 0.3 is 0 Å². The highest BCUT2D eigenvalue weighted by Gasteiger charge is 2.23. The summed E-state index contributed by atoms with van der Waals surface area (Å²) in [6.45, 7) is 1.40. The highest BCUT2D eigenvalue weighted by atomic mass is 32.2. The Bertz CT molecular complexity index is 625. The molecule has 3 rings (SSSR count). The van der Waals surface area contributed by atoms with Gasteiger partial charge in [-0.15, -0.1) is 0 Å². The first-order chi connectivity index (χ1) is 8.83. The highest BCUT2D eigenvalue weighted by molar-refractivity contribution is 7.98. The van der Waals surface area contributed by atoms with Crippen molar-refractivity contribution < 1.29 is 4.74 Å². The van der Waals surface area contributed by atoms with Crippen LogP contribution in [0.5, 0.6) is 0 Å². The van der Waals surface area contributed by atoms with Crippen LogP contribution < -0.4 is 0 Å². The van der Waals surface area contributed by atoms with Crippen LogP contribution in [0.2, 0.25) is 0 Å². The lowest BCUT2D eigenvalue weighted by Gasteiger charge is -2.12. The fourth-order valence-corrected chi connectivity index (χ4v) is 2.61. The Morgan fingerprint density at radius 1 is 1.61 bits per heavy atom. The average molecular weight is 260 g/mol. The molecule has 1 fully saturated rings. The van der Waals surface area contributed by atoms with Crippen molar-refractivity contribution in [2.75, 3.05) is 19.5 Å². The number of fused-ring (bicyclic) bond motifs is 1. The quantitative estimate of drug-likeness (QED) is 0.610. The van der Waals surface area contributed by atoms with Crippen LogP contribution in [0.25, 0.3) is 11.0 Å². The van der Waals surface area contributed by atoms with Gasteiger partial charge in [-0.1, -0.05) is 11.8 Å². The van der Waals surface area contributed by atoms with E-state index in [1.807, 2.05) is 16.9 Å². The minimum absolute atomic E-state index is 0.210. The molecule has 0 amide bonds. The predicted molar refractivity (Wildman–Crippen MR) is 68.5 cm³/mol. The van der Waals surface area contributed by atoms with Gasteiger partial charge in [-0.05, 0) is 18.7 Å². The molecule has 1 aliphatic rings. The molecular formula is C12H12N4OS. The van der Waals surface area contributed by atoms with Gasteiger partial charge < -0.3 is 9.30 Å². The SMILES string of the molecule is CSc1ncc2cc(C#N)n(C3CCOC3)c2n1. The molecule has 1 unspecified atom stereocenters. The molecule has 1 atom stereocenters. The molecule has 6 heteroatoms. The topological polar surface area (TPSA) is 63.7 Å². The third-order valence-corrected chi connectivity index (χ3v) is 3.68. The third-order valence-electron chi connectivity index (χ3n) is 3.12. The van der Waals surface area contributed by atoms with Crippen LogP contribution in [0.4, 0.5) is 0 Å². The van der Waals surface area contributed by atoms with Gasteiger partial charge in [0.2, 0.25) is 0 Å². The summed E-state index contributed by atoms with van der Waals surface area (Å²) in [6.07, 6.45) is 4.65. The highest BCUT2D eigenvalue weighted by Crippen LogP contribution is 2.28. The lowest BCUT2D eigenvalue weighted by atomic mass is 10.2. The van der Waals surface area contributed by atoms with Gasteiger partial charge in [-0.3, -0.25) is 0 Å². The monoisotopic (exact) mass is 260 g/mol. The number of hydrogen-bond donors (Lipinski definition) is 0. The van der Waals surface area contributed by atoms with Crippen LogP contribution in [-0.2, 0) is 4.74 Å². The second-order valence-electron chi connectivity index (χ2n) is 4.16. The third kappa shape index (κ3) is 1.76. The van der Waals surface area contributed by atoms with E-state index in [9.17, 15) is 5.26 Å². The van der Waals surface area contributed by atoms with E-state index in [0.717, 1.165) is 29.2 Å². The fraction of sp³-hybridized carbons (Fsp3) is 0.417. The minimum atomic E-state index is 0.210. The summed E-state index contributed by atoms with van der Waals surface area (Å²) in [4.78, 5) is 8.75. The van der Waals surface area contributed by atoms with Crippen molar-refractivity contribution >= 4 is 22.8 Å². The Kier molecular flexibility index (Phi) is 2.94. The maximum Gasteiger partial charge on any atom is 0.189 e. The van der Waals surface area contributed by atoms with Crippen molar-refractivity contribution in [1.82, 2.24) is 14.5 Å². The Morgan fingerprint density at radius 2 is 2.50 bits per heavy atom. The van der Waals surface area contributed by atoms with E-state index < -0.39 is 0 Å². The predicted octanol–water partition coefficient (Wildman–Crippen LogP) is 1.99. The number of hydrogen-bond acceptors (Lipinski definition) is 5. The van der Waals surface area contributed by atoms with E-state index in [2.05, 4.69) is 16.0 Å². The van der Waals surface area contributed by atoms with Gasteiger partial charge in [0.1, 0.15) is 17.4 Å².